The normalized spacial score (nSPS) is 18.3. The van der Waals surface area contributed by atoms with Crippen LogP contribution < -0.4 is 10.6 Å². The zero-order chi connectivity index (χ0) is 12.8. The molecule has 0 aliphatic carbocycles. The molecule has 0 aromatic heterocycles. The lowest BCUT2D eigenvalue weighted by atomic mass is 9.81. The van der Waals surface area contributed by atoms with Crippen molar-refractivity contribution in [3.63, 3.8) is 0 Å². The van der Waals surface area contributed by atoms with Crippen LogP contribution in [0.15, 0.2) is 30.3 Å². The molecule has 1 fully saturated rings. The molecule has 0 saturated carbocycles. The van der Waals surface area contributed by atoms with Gasteiger partial charge < -0.3 is 10.6 Å². The van der Waals surface area contributed by atoms with Crippen LogP contribution in [0.1, 0.15) is 25.3 Å². The highest BCUT2D eigenvalue weighted by Gasteiger charge is 2.26. The van der Waals surface area contributed by atoms with Crippen molar-refractivity contribution in [2.24, 2.45) is 5.41 Å². The Morgan fingerprint density at radius 3 is 2.61 bits per heavy atom. The van der Waals surface area contributed by atoms with E-state index in [1.165, 1.54) is 0 Å². The Bertz CT molecular complexity index is 383. The SMILES string of the molecule is CC1(CNC(=O)Cc2ccccc2)CCNCC1. The van der Waals surface area contributed by atoms with Crippen molar-refractivity contribution in [3.05, 3.63) is 35.9 Å². The molecular weight excluding hydrogens is 224 g/mol. The van der Waals surface area contributed by atoms with Crippen molar-refractivity contribution in [2.45, 2.75) is 26.2 Å². The average Bonchev–Trinajstić information content (AvgIpc) is 2.39. The van der Waals surface area contributed by atoms with Crippen molar-refractivity contribution in [1.29, 1.82) is 0 Å². The summed E-state index contributed by atoms with van der Waals surface area (Å²) in [5.41, 5.74) is 1.34. The standard InChI is InChI=1S/C15H22N2O/c1-15(7-9-16-10-8-15)12-17-14(18)11-13-5-3-2-4-6-13/h2-6,16H,7-12H2,1H3,(H,17,18). The van der Waals surface area contributed by atoms with Crippen LogP contribution >= 0.6 is 0 Å². The van der Waals surface area contributed by atoms with Gasteiger partial charge in [0.25, 0.3) is 0 Å². The van der Waals surface area contributed by atoms with Crippen LogP contribution in [-0.2, 0) is 11.2 Å². The lowest BCUT2D eigenvalue weighted by Gasteiger charge is -2.34. The van der Waals surface area contributed by atoms with Crippen molar-refractivity contribution in [2.75, 3.05) is 19.6 Å². The molecule has 0 bridgehead atoms. The summed E-state index contributed by atoms with van der Waals surface area (Å²) < 4.78 is 0. The highest BCUT2D eigenvalue weighted by Crippen LogP contribution is 2.26. The molecule has 1 amide bonds. The lowest BCUT2D eigenvalue weighted by molar-refractivity contribution is -0.121. The van der Waals surface area contributed by atoms with Gasteiger partial charge in [0.15, 0.2) is 0 Å². The smallest absolute Gasteiger partial charge is 0.224 e. The van der Waals surface area contributed by atoms with Crippen LogP contribution in [0.5, 0.6) is 0 Å². The van der Waals surface area contributed by atoms with Crippen LogP contribution in [0.4, 0.5) is 0 Å². The van der Waals surface area contributed by atoms with Crippen LogP contribution in [0.2, 0.25) is 0 Å². The summed E-state index contributed by atoms with van der Waals surface area (Å²) in [5, 5.41) is 6.43. The van der Waals surface area contributed by atoms with Gasteiger partial charge in [0.05, 0.1) is 6.42 Å². The fourth-order valence-electron chi connectivity index (χ4n) is 2.36. The third-order valence-corrected chi connectivity index (χ3v) is 3.73. The third kappa shape index (κ3) is 3.84. The first-order valence-electron chi connectivity index (χ1n) is 6.69. The van der Waals surface area contributed by atoms with Gasteiger partial charge in [-0.15, -0.1) is 0 Å². The quantitative estimate of drug-likeness (QED) is 0.849. The van der Waals surface area contributed by atoms with E-state index in [2.05, 4.69) is 17.6 Å². The number of nitrogens with one attached hydrogen (secondary N) is 2. The molecule has 2 rings (SSSR count). The zero-order valence-electron chi connectivity index (χ0n) is 11.0. The van der Waals surface area contributed by atoms with Gasteiger partial charge in [-0.2, -0.15) is 0 Å². The van der Waals surface area contributed by atoms with Crippen LogP contribution in [0, 0.1) is 5.41 Å². The highest BCUT2D eigenvalue weighted by atomic mass is 16.1. The molecule has 1 heterocycles. The Hall–Kier alpha value is -1.35. The molecule has 2 N–H and O–H groups in total. The van der Waals surface area contributed by atoms with Gasteiger partial charge in [-0.3, -0.25) is 4.79 Å². The van der Waals surface area contributed by atoms with Gasteiger partial charge in [-0.05, 0) is 36.9 Å². The maximum absolute atomic E-state index is 11.9. The largest absolute Gasteiger partial charge is 0.355 e. The first kappa shape index (κ1) is 13.1. The first-order chi connectivity index (χ1) is 8.68. The molecule has 0 spiro atoms. The molecule has 0 unspecified atom stereocenters. The fourth-order valence-corrected chi connectivity index (χ4v) is 2.36. The average molecular weight is 246 g/mol. The van der Waals surface area contributed by atoms with Gasteiger partial charge in [0, 0.05) is 6.54 Å². The lowest BCUT2D eigenvalue weighted by Crippen LogP contribution is -2.43. The van der Waals surface area contributed by atoms with Gasteiger partial charge in [0.1, 0.15) is 0 Å². The van der Waals surface area contributed by atoms with Crippen LogP contribution in [0.3, 0.4) is 0 Å². The Labute approximate surface area is 109 Å². The maximum Gasteiger partial charge on any atom is 0.224 e. The van der Waals surface area contributed by atoms with E-state index in [4.69, 9.17) is 0 Å². The Balaban J connectivity index is 1.78. The van der Waals surface area contributed by atoms with Gasteiger partial charge in [-0.1, -0.05) is 37.3 Å². The monoisotopic (exact) mass is 246 g/mol. The van der Waals surface area contributed by atoms with Crippen molar-refractivity contribution in [3.8, 4) is 0 Å². The number of hydrogen-bond acceptors (Lipinski definition) is 2. The molecule has 3 heteroatoms. The molecule has 0 radical (unpaired) electrons. The Kier molecular flexibility index (Phi) is 4.37. The molecule has 1 aromatic carbocycles. The van der Waals surface area contributed by atoms with Crippen molar-refractivity contribution >= 4 is 5.91 Å². The predicted octanol–water partition coefficient (Wildman–Crippen LogP) is 1.73. The molecule has 3 nitrogen and oxygen atoms in total. The second-order valence-electron chi connectivity index (χ2n) is 5.50. The van der Waals surface area contributed by atoms with E-state index >= 15 is 0 Å². The summed E-state index contributed by atoms with van der Waals surface area (Å²) >= 11 is 0. The summed E-state index contributed by atoms with van der Waals surface area (Å²) in [6.07, 6.45) is 2.76. The van der Waals surface area contributed by atoms with E-state index in [9.17, 15) is 4.79 Å². The summed E-state index contributed by atoms with van der Waals surface area (Å²) in [6.45, 7) is 5.17. The summed E-state index contributed by atoms with van der Waals surface area (Å²) in [7, 11) is 0. The third-order valence-electron chi connectivity index (χ3n) is 3.73. The van der Waals surface area contributed by atoms with Gasteiger partial charge in [-0.25, -0.2) is 0 Å². The molecule has 1 saturated heterocycles. The second-order valence-corrected chi connectivity index (χ2v) is 5.50. The Morgan fingerprint density at radius 1 is 1.28 bits per heavy atom. The van der Waals surface area contributed by atoms with E-state index in [0.29, 0.717) is 6.42 Å². The van der Waals surface area contributed by atoms with E-state index < -0.39 is 0 Å². The van der Waals surface area contributed by atoms with Crippen LogP contribution in [0.25, 0.3) is 0 Å². The number of carbonyl (C=O) groups excluding carboxylic acids is 1. The number of hydrogen-bond donors (Lipinski definition) is 2. The van der Waals surface area contributed by atoms with E-state index in [1.54, 1.807) is 0 Å². The summed E-state index contributed by atoms with van der Waals surface area (Å²) in [6, 6.07) is 9.89. The molecule has 1 aliphatic rings. The number of carbonyl (C=O) groups is 1. The molecule has 1 aromatic rings. The molecule has 98 valence electrons. The first-order valence-corrected chi connectivity index (χ1v) is 6.69. The summed E-state index contributed by atoms with van der Waals surface area (Å²) in [5.74, 6) is 0.126. The number of piperidine rings is 1. The van der Waals surface area contributed by atoms with E-state index in [0.717, 1.165) is 38.0 Å². The maximum atomic E-state index is 11.9. The minimum atomic E-state index is 0.126. The number of amides is 1. The molecule has 18 heavy (non-hydrogen) atoms. The minimum Gasteiger partial charge on any atom is -0.355 e. The summed E-state index contributed by atoms with van der Waals surface area (Å²) in [4.78, 5) is 11.9. The van der Waals surface area contributed by atoms with Crippen LogP contribution in [-0.4, -0.2) is 25.5 Å². The fraction of sp³-hybridized carbons (Fsp3) is 0.533. The molecule has 0 atom stereocenters. The zero-order valence-corrected chi connectivity index (χ0v) is 11.0. The molecular formula is C15H22N2O. The number of benzene rings is 1. The minimum absolute atomic E-state index is 0.126. The van der Waals surface area contributed by atoms with Crippen molar-refractivity contribution in [1.82, 2.24) is 10.6 Å². The Morgan fingerprint density at radius 2 is 1.94 bits per heavy atom. The second kappa shape index (κ2) is 6.01. The van der Waals surface area contributed by atoms with Gasteiger partial charge in [0.2, 0.25) is 5.91 Å². The predicted molar refractivity (Wildman–Crippen MR) is 73.4 cm³/mol. The topological polar surface area (TPSA) is 41.1 Å². The van der Waals surface area contributed by atoms with Gasteiger partial charge >= 0.3 is 0 Å². The highest BCUT2D eigenvalue weighted by molar-refractivity contribution is 5.78. The number of rotatable bonds is 4. The van der Waals surface area contributed by atoms with E-state index in [-0.39, 0.29) is 11.3 Å². The van der Waals surface area contributed by atoms with Crippen molar-refractivity contribution < 1.29 is 4.79 Å². The molecule has 1 aliphatic heterocycles. The van der Waals surface area contributed by atoms with E-state index in [1.807, 2.05) is 30.3 Å².